The lowest BCUT2D eigenvalue weighted by atomic mass is 9.85. The van der Waals surface area contributed by atoms with Crippen molar-refractivity contribution < 1.29 is 9.53 Å². The molecule has 0 amide bonds. The third-order valence-corrected chi connectivity index (χ3v) is 2.62. The van der Waals surface area contributed by atoms with Crippen LogP contribution >= 0.6 is 0 Å². The van der Waals surface area contributed by atoms with Gasteiger partial charge in [-0.15, -0.1) is 0 Å². The predicted molar refractivity (Wildman–Crippen MR) is 55.6 cm³/mol. The molecule has 1 rings (SSSR count). The van der Waals surface area contributed by atoms with Crippen LogP contribution in [0.3, 0.4) is 0 Å². The molecule has 2 atom stereocenters. The normalized spacial score (nSPS) is 23.6. The number of hydrogen-bond acceptors (Lipinski definition) is 3. The standard InChI is InChI=1S/C11H17NO2/c1-7-6-9(11(13)14-3)4-5-10(7)8(2)12/h4,6,8,10H,5,12H2,1-3H3/t8-,10?/m0/s1. The van der Waals surface area contributed by atoms with Gasteiger partial charge in [0.15, 0.2) is 0 Å². The summed E-state index contributed by atoms with van der Waals surface area (Å²) in [7, 11) is 1.39. The molecule has 2 N–H and O–H groups in total. The Labute approximate surface area is 84.6 Å². The van der Waals surface area contributed by atoms with Crippen molar-refractivity contribution in [3.63, 3.8) is 0 Å². The lowest BCUT2D eigenvalue weighted by Gasteiger charge is -2.23. The highest BCUT2D eigenvalue weighted by atomic mass is 16.5. The van der Waals surface area contributed by atoms with Crippen LogP contribution in [0.25, 0.3) is 0 Å². The molecule has 0 bridgehead atoms. The van der Waals surface area contributed by atoms with Crippen LogP contribution in [0.15, 0.2) is 23.3 Å². The van der Waals surface area contributed by atoms with Gasteiger partial charge in [-0.2, -0.15) is 0 Å². The van der Waals surface area contributed by atoms with Crippen LogP contribution in [0.4, 0.5) is 0 Å². The summed E-state index contributed by atoms with van der Waals surface area (Å²) in [6.45, 7) is 3.99. The van der Waals surface area contributed by atoms with Gasteiger partial charge in [-0.1, -0.05) is 11.6 Å². The topological polar surface area (TPSA) is 52.3 Å². The molecule has 3 heteroatoms. The molecule has 0 saturated heterocycles. The van der Waals surface area contributed by atoms with Crippen molar-refractivity contribution in [1.82, 2.24) is 0 Å². The largest absolute Gasteiger partial charge is 0.465 e. The number of hydrogen-bond donors (Lipinski definition) is 1. The predicted octanol–water partition coefficient (Wildman–Crippen LogP) is 1.40. The molecule has 0 heterocycles. The molecule has 0 fully saturated rings. The van der Waals surface area contributed by atoms with Crippen LogP contribution in [0.5, 0.6) is 0 Å². The fraction of sp³-hybridized carbons (Fsp3) is 0.545. The maximum atomic E-state index is 11.2. The van der Waals surface area contributed by atoms with E-state index in [0.29, 0.717) is 11.5 Å². The molecule has 1 aliphatic rings. The lowest BCUT2D eigenvalue weighted by molar-refractivity contribution is -0.135. The molecule has 0 spiro atoms. The Bertz CT molecular complexity index is 290. The van der Waals surface area contributed by atoms with Crippen molar-refractivity contribution in [3.8, 4) is 0 Å². The molecular weight excluding hydrogens is 178 g/mol. The zero-order chi connectivity index (χ0) is 10.7. The zero-order valence-electron chi connectivity index (χ0n) is 8.91. The third kappa shape index (κ3) is 2.23. The van der Waals surface area contributed by atoms with Crippen LogP contribution < -0.4 is 5.73 Å². The van der Waals surface area contributed by atoms with Crippen LogP contribution in [0.1, 0.15) is 20.3 Å². The van der Waals surface area contributed by atoms with E-state index >= 15 is 0 Å². The van der Waals surface area contributed by atoms with Crippen LogP contribution in [0, 0.1) is 5.92 Å². The summed E-state index contributed by atoms with van der Waals surface area (Å²) < 4.78 is 4.65. The van der Waals surface area contributed by atoms with E-state index in [9.17, 15) is 4.79 Å². The number of allylic oxidation sites excluding steroid dienone is 1. The molecule has 0 aromatic heterocycles. The Morgan fingerprint density at radius 1 is 1.71 bits per heavy atom. The Balaban J connectivity index is 2.78. The number of rotatable bonds is 2. The summed E-state index contributed by atoms with van der Waals surface area (Å²) >= 11 is 0. The quantitative estimate of drug-likeness (QED) is 0.677. The second kappa shape index (κ2) is 4.42. The number of carbonyl (C=O) groups is 1. The van der Waals surface area contributed by atoms with E-state index in [1.165, 1.54) is 7.11 Å². The summed E-state index contributed by atoms with van der Waals surface area (Å²) in [5.74, 6) is 0.0795. The molecule has 3 nitrogen and oxygen atoms in total. The van der Waals surface area contributed by atoms with Gasteiger partial charge >= 0.3 is 5.97 Å². The smallest absolute Gasteiger partial charge is 0.337 e. The number of esters is 1. The van der Waals surface area contributed by atoms with Crippen molar-refractivity contribution in [3.05, 3.63) is 23.3 Å². The minimum atomic E-state index is -0.271. The van der Waals surface area contributed by atoms with Gasteiger partial charge in [0.2, 0.25) is 0 Å². The maximum absolute atomic E-state index is 11.2. The van der Waals surface area contributed by atoms with E-state index in [-0.39, 0.29) is 12.0 Å². The van der Waals surface area contributed by atoms with Gasteiger partial charge in [0.05, 0.1) is 12.7 Å². The van der Waals surface area contributed by atoms with Crippen molar-refractivity contribution in [2.24, 2.45) is 11.7 Å². The molecule has 0 saturated carbocycles. The summed E-state index contributed by atoms with van der Waals surface area (Å²) in [5, 5.41) is 0. The van der Waals surface area contributed by atoms with Gasteiger partial charge in [-0.05, 0) is 32.3 Å². The van der Waals surface area contributed by atoms with Crippen LogP contribution in [-0.2, 0) is 9.53 Å². The first kappa shape index (κ1) is 11.0. The number of methoxy groups -OCH3 is 1. The molecule has 0 aliphatic heterocycles. The SMILES string of the molecule is COC(=O)C1=CCC([C@H](C)N)C(C)=C1. The van der Waals surface area contributed by atoms with E-state index in [2.05, 4.69) is 4.74 Å². The monoisotopic (exact) mass is 195 g/mol. The van der Waals surface area contributed by atoms with Crippen molar-refractivity contribution >= 4 is 5.97 Å². The maximum Gasteiger partial charge on any atom is 0.337 e. The van der Waals surface area contributed by atoms with Gasteiger partial charge in [0.25, 0.3) is 0 Å². The molecule has 0 radical (unpaired) electrons. The molecule has 1 aliphatic carbocycles. The fourth-order valence-corrected chi connectivity index (χ4v) is 1.74. The number of carbonyl (C=O) groups excluding carboxylic acids is 1. The van der Waals surface area contributed by atoms with E-state index in [1.54, 1.807) is 0 Å². The fourth-order valence-electron chi connectivity index (χ4n) is 1.74. The summed E-state index contributed by atoms with van der Waals surface area (Å²) in [6, 6.07) is 0.127. The van der Waals surface area contributed by atoms with Gasteiger partial charge in [0.1, 0.15) is 0 Å². The summed E-state index contributed by atoms with van der Waals surface area (Å²) in [5.41, 5.74) is 7.62. The highest BCUT2D eigenvalue weighted by Gasteiger charge is 2.20. The first-order chi connectivity index (χ1) is 6.56. The van der Waals surface area contributed by atoms with Gasteiger partial charge < -0.3 is 10.5 Å². The highest BCUT2D eigenvalue weighted by molar-refractivity contribution is 5.91. The van der Waals surface area contributed by atoms with Crippen molar-refractivity contribution in [2.45, 2.75) is 26.3 Å². The third-order valence-electron chi connectivity index (χ3n) is 2.62. The Kier molecular flexibility index (Phi) is 3.47. The minimum Gasteiger partial charge on any atom is -0.465 e. The summed E-state index contributed by atoms with van der Waals surface area (Å²) in [4.78, 5) is 11.2. The molecule has 0 aromatic carbocycles. The van der Waals surface area contributed by atoms with Crippen molar-refractivity contribution in [1.29, 1.82) is 0 Å². The van der Waals surface area contributed by atoms with Gasteiger partial charge in [0, 0.05) is 6.04 Å². The molecular formula is C11H17NO2. The van der Waals surface area contributed by atoms with Crippen molar-refractivity contribution in [2.75, 3.05) is 7.11 Å². The highest BCUT2D eigenvalue weighted by Crippen LogP contribution is 2.25. The van der Waals surface area contributed by atoms with Gasteiger partial charge in [-0.3, -0.25) is 0 Å². The van der Waals surface area contributed by atoms with Crippen LogP contribution in [0.2, 0.25) is 0 Å². The Hall–Kier alpha value is -1.09. The lowest BCUT2D eigenvalue weighted by Crippen LogP contribution is -2.28. The van der Waals surface area contributed by atoms with E-state index < -0.39 is 0 Å². The average Bonchev–Trinajstić information content (AvgIpc) is 2.15. The van der Waals surface area contributed by atoms with Crippen LogP contribution in [-0.4, -0.2) is 19.1 Å². The second-order valence-corrected chi connectivity index (χ2v) is 3.74. The molecule has 1 unspecified atom stereocenters. The number of nitrogens with two attached hydrogens (primary N) is 1. The first-order valence-electron chi connectivity index (χ1n) is 4.78. The Morgan fingerprint density at radius 3 is 2.79 bits per heavy atom. The second-order valence-electron chi connectivity index (χ2n) is 3.74. The van der Waals surface area contributed by atoms with E-state index in [0.717, 1.165) is 12.0 Å². The number of ether oxygens (including phenoxy) is 1. The average molecular weight is 195 g/mol. The van der Waals surface area contributed by atoms with Gasteiger partial charge in [-0.25, -0.2) is 4.79 Å². The molecule has 14 heavy (non-hydrogen) atoms. The summed E-state index contributed by atoms with van der Waals surface area (Å²) in [6.07, 6.45) is 4.58. The van der Waals surface area contributed by atoms with E-state index in [4.69, 9.17) is 5.73 Å². The Morgan fingerprint density at radius 2 is 2.36 bits per heavy atom. The zero-order valence-corrected chi connectivity index (χ0v) is 8.91. The first-order valence-corrected chi connectivity index (χ1v) is 4.78. The van der Waals surface area contributed by atoms with E-state index in [1.807, 2.05) is 26.0 Å². The molecule has 78 valence electrons. The molecule has 0 aromatic rings. The minimum absolute atomic E-state index is 0.127.